The van der Waals surface area contributed by atoms with Crippen LogP contribution in [0.3, 0.4) is 0 Å². The molecule has 0 saturated carbocycles. The summed E-state index contributed by atoms with van der Waals surface area (Å²) in [5.41, 5.74) is 0.932. The van der Waals surface area contributed by atoms with Crippen LogP contribution in [-0.4, -0.2) is 32.8 Å². The van der Waals surface area contributed by atoms with E-state index in [-0.39, 0.29) is 5.91 Å². The fourth-order valence-electron chi connectivity index (χ4n) is 2.09. The zero-order chi connectivity index (χ0) is 17.9. The lowest BCUT2D eigenvalue weighted by Gasteiger charge is -2.08. The van der Waals surface area contributed by atoms with Crippen molar-refractivity contribution in [2.24, 2.45) is 0 Å². The van der Waals surface area contributed by atoms with E-state index in [2.05, 4.69) is 5.32 Å². The van der Waals surface area contributed by atoms with Gasteiger partial charge in [-0.1, -0.05) is 12.1 Å². The van der Waals surface area contributed by atoms with Crippen molar-refractivity contribution >= 4 is 12.0 Å². The second-order valence-electron chi connectivity index (χ2n) is 5.15. The van der Waals surface area contributed by atoms with Crippen LogP contribution in [-0.2, 0) is 4.79 Å². The molecule has 5 nitrogen and oxygen atoms in total. The third-order valence-electron chi connectivity index (χ3n) is 3.35. The molecule has 1 amide bonds. The number of hydrogen-bond donors (Lipinski definition) is 1. The Labute approximate surface area is 148 Å². The molecular formula is C20H23NO4. The van der Waals surface area contributed by atoms with Gasteiger partial charge in [0.2, 0.25) is 5.91 Å². The Morgan fingerprint density at radius 1 is 0.960 bits per heavy atom. The van der Waals surface area contributed by atoms with E-state index in [0.717, 1.165) is 22.8 Å². The molecule has 132 valence electrons. The Hall–Kier alpha value is -2.95. The van der Waals surface area contributed by atoms with Crippen LogP contribution in [0.2, 0.25) is 0 Å². The topological polar surface area (TPSA) is 56.8 Å². The monoisotopic (exact) mass is 341 g/mol. The average Bonchev–Trinajstić information content (AvgIpc) is 2.65. The minimum Gasteiger partial charge on any atom is -0.497 e. The van der Waals surface area contributed by atoms with Crippen LogP contribution < -0.4 is 19.5 Å². The molecule has 5 heteroatoms. The summed E-state index contributed by atoms with van der Waals surface area (Å²) in [5.74, 6) is 2.18. The van der Waals surface area contributed by atoms with Gasteiger partial charge in [0.1, 0.15) is 23.9 Å². The number of amides is 1. The third kappa shape index (κ3) is 6.59. The highest BCUT2D eigenvalue weighted by atomic mass is 16.5. The molecule has 2 aromatic rings. The molecule has 0 saturated heterocycles. The second kappa shape index (κ2) is 10.0. The molecule has 0 aliphatic rings. The van der Waals surface area contributed by atoms with Crippen LogP contribution in [0.4, 0.5) is 0 Å². The van der Waals surface area contributed by atoms with E-state index >= 15 is 0 Å². The molecule has 0 unspecified atom stereocenters. The standard InChI is InChI=1S/C20H23NO4/c1-3-24-18-9-11-19(12-10-18)25-15-14-21-20(22)13-6-16-4-7-17(23-2)8-5-16/h4-13H,3,14-15H2,1-2H3,(H,21,22)/b13-6+. The first-order valence-electron chi connectivity index (χ1n) is 8.17. The maximum atomic E-state index is 11.8. The van der Waals surface area contributed by atoms with E-state index in [1.54, 1.807) is 13.2 Å². The summed E-state index contributed by atoms with van der Waals surface area (Å²) >= 11 is 0. The van der Waals surface area contributed by atoms with Crippen molar-refractivity contribution in [2.45, 2.75) is 6.92 Å². The summed E-state index contributed by atoms with van der Waals surface area (Å²) < 4.78 is 16.0. The molecule has 0 aliphatic carbocycles. The lowest BCUT2D eigenvalue weighted by Crippen LogP contribution is -2.26. The number of hydrogen-bond acceptors (Lipinski definition) is 4. The average molecular weight is 341 g/mol. The van der Waals surface area contributed by atoms with E-state index in [0.29, 0.717) is 19.8 Å². The van der Waals surface area contributed by atoms with Crippen molar-refractivity contribution in [1.29, 1.82) is 0 Å². The molecule has 2 aromatic carbocycles. The van der Waals surface area contributed by atoms with Gasteiger partial charge >= 0.3 is 0 Å². The first-order valence-corrected chi connectivity index (χ1v) is 8.17. The van der Waals surface area contributed by atoms with Gasteiger partial charge in [-0.15, -0.1) is 0 Å². The predicted molar refractivity (Wildman–Crippen MR) is 98.1 cm³/mol. The normalized spacial score (nSPS) is 10.5. The molecule has 0 fully saturated rings. The van der Waals surface area contributed by atoms with Crippen molar-refractivity contribution in [2.75, 3.05) is 26.9 Å². The van der Waals surface area contributed by atoms with Gasteiger partial charge in [0.15, 0.2) is 0 Å². The van der Waals surface area contributed by atoms with Crippen molar-refractivity contribution < 1.29 is 19.0 Å². The van der Waals surface area contributed by atoms with Crippen LogP contribution in [0, 0.1) is 0 Å². The first kappa shape index (κ1) is 18.4. The number of nitrogens with one attached hydrogen (secondary N) is 1. The second-order valence-corrected chi connectivity index (χ2v) is 5.15. The Bertz CT molecular complexity index is 678. The highest BCUT2D eigenvalue weighted by molar-refractivity contribution is 5.91. The zero-order valence-corrected chi connectivity index (χ0v) is 14.5. The summed E-state index contributed by atoms with van der Waals surface area (Å²) in [4.78, 5) is 11.8. The number of carbonyl (C=O) groups excluding carboxylic acids is 1. The molecule has 1 N–H and O–H groups in total. The van der Waals surface area contributed by atoms with Crippen LogP contribution in [0.1, 0.15) is 12.5 Å². The van der Waals surface area contributed by atoms with E-state index in [1.165, 1.54) is 6.08 Å². The van der Waals surface area contributed by atoms with Crippen LogP contribution >= 0.6 is 0 Å². The number of carbonyl (C=O) groups is 1. The Balaban J connectivity index is 1.68. The van der Waals surface area contributed by atoms with Crippen molar-refractivity contribution in [3.8, 4) is 17.2 Å². The summed E-state index contributed by atoms with van der Waals surface area (Å²) in [6.07, 6.45) is 3.25. The van der Waals surface area contributed by atoms with E-state index in [1.807, 2.05) is 55.5 Å². The lowest BCUT2D eigenvalue weighted by atomic mass is 10.2. The van der Waals surface area contributed by atoms with Gasteiger partial charge in [0.25, 0.3) is 0 Å². The molecule has 0 radical (unpaired) electrons. The molecule has 25 heavy (non-hydrogen) atoms. The van der Waals surface area contributed by atoms with Gasteiger partial charge in [0, 0.05) is 6.08 Å². The van der Waals surface area contributed by atoms with E-state index < -0.39 is 0 Å². The quantitative estimate of drug-likeness (QED) is 0.562. The fourth-order valence-corrected chi connectivity index (χ4v) is 2.09. The number of methoxy groups -OCH3 is 1. The molecule has 0 atom stereocenters. The zero-order valence-electron chi connectivity index (χ0n) is 14.5. The van der Waals surface area contributed by atoms with E-state index in [4.69, 9.17) is 14.2 Å². The van der Waals surface area contributed by atoms with Crippen LogP contribution in [0.5, 0.6) is 17.2 Å². The molecule has 2 rings (SSSR count). The third-order valence-corrected chi connectivity index (χ3v) is 3.35. The summed E-state index contributed by atoms with van der Waals surface area (Å²) in [6.45, 7) is 3.40. The highest BCUT2D eigenvalue weighted by Crippen LogP contribution is 2.17. The van der Waals surface area contributed by atoms with Gasteiger partial charge in [-0.05, 0) is 55.0 Å². The molecule has 0 bridgehead atoms. The minimum atomic E-state index is -0.161. The van der Waals surface area contributed by atoms with Crippen molar-refractivity contribution in [3.05, 3.63) is 60.2 Å². The van der Waals surface area contributed by atoms with E-state index in [9.17, 15) is 4.79 Å². The maximum absolute atomic E-state index is 11.8. The molecule has 0 aliphatic heterocycles. The van der Waals surface area contributed by atoms with Gasteiger partial charge < -0.3 is 19.5 Å². The maximum Gasteiger partial charge on any atom is 0.244 e. The highest BCUT2D eigenvalue weighted by Gasteiger charge is 1.98. The first-order chi connectivity index (χ1) is 12.2. The van der Waals surface area contributed by atoms with Gasteiger partial charge in [-0.2, -0.15) is 0 Å². The smallest absolute Gasteiger partial charge is 0.244 e. The van der Waals surface area contributed by atoms with Crippen molar-refractivity contribution in [1.82, 2.24) is 5.32 Å². The number of benzene rings is 2. The summed E-state index contributed by atoms with van der Waals surface area (Å²) in [7, 11) is 1.62. The SMILES string of the molecule is CCOc1ccc(OCCNC(=O)/C=C/c2ccc(OC)cc2)cc1. The Kier molecular flexibility index (Phi) is 7.38. The van der Waals surface area contributed by atoms with Gasteiger partial charge in [0.05, 0.1) is 20.3 Å². The number of ether oxygens (including phenoxy) is 3. The molecule has 0 aromatic heterocycles. The van der Waals surface area contributed by atoms with Crippen LogP contribution in [0.25, 0.3) is 6.08 Å². The predicted octanol–water partition coefficient (Wildman–Crippen LogP) is 3.30. The molecule has 0 spiro atoms. The largest absolute Gasteiger partial charge is 0.497 e. The van der Waals surface area contributed by atoms with Crippen molar-refractivity contribution in [3.63, 3.8) is 0 Å². The Morgan fingerprint density at radius 2 is 1.56 bits per heavy atom. The fraction of sp³-hybridized carbons (Fsp3) is 0.250. The van der Waals surface area contributed by atoms with Crippen LogP contribution in [0.15, 0.2) is 54.6 Å². The summed E-state index contributed by atoms with van der Waals surface area (Å²) in [6, 6.07) is 14.9. The van der Waals surface area contributed by atoms with Gasteiger partial charge in [-0.25, -0.2) is 0 Å². The lowest BCUT2D eigenvalue weighted by molar-refractivity contribution is -0.116. The Morgan fingerprint density at radius 3 is 2.16 bits per heavy atom. The molecule has 0 heterocycles. The molecular weight excluding hydrogens is 318 g/mol. The summed E-state index contributed by atoms with van der Waals surface area (Å²) in [5, 5.41) is 2.78. The minimum absolute atomic E-state index is 0.161. The van der Waals surface area contributed by atoms with Gasteiger partial charge in [-0.3, -0.25) is 4.79 Å². The number of rotatable bonds is 9.